The molecule has 0 atom stereocenters. The molecular formula is C16H15NO. The van der Waals surface area contributed by atoms with Crippen LogP contribution in [0.15, 0.2) is 66.7 Å². The molecule has 2 heteroatoms. The van der Waals surface area contributed by atoms with Crippen LogP contribution in [-0.4, -0.2) is 5.91 Å². The minimum atomic E-state index is -0.0902. The van der Waals surface area contributed by atoms with E-state index in [0.29, 0.717) is 5.56 Å². The number of hydrogen-bond acceptors (Lipinski definition) is 1. The molecule has 0 spiro atoms. The number of carbonyl (C=O) groups is 1. The van der Waals surface area contributed by atoms with Gasteiger partial charge in [0.1, 0.15) is 0 Å². The van der Waals surface area contributed by atoms with Crippen molar-refractivity contribution in [1.29, 1.82) is 0 Å². The third kappa shape index (κ3) is 2.86. The highest BCUT2D eigenvalue weighted by Crippen LogP contribution is 2.11. The van der Waals surface area contributed by atoms with Gasteiger partial charge in [-0.3, -0.25) is 4.79 Å². The van der Waals surface area contributed by atoms with Crippen LogP contribution < -0.4 is 5.32 Å². The molecule has 0 radical (unpaired) electrons. The smallest absolute Gasteiger partial charge is 0.255 e. The van der Waals surface area contributed by atoms with Crippen LogP contribution in [0.1, 0.15) is 22.8 Å². The minimum absolute atomic E-state index is 0.0902. The third-order valence-electron chi connectivity index (χ3n) is 2.66. The van der Waals surface area contributed by atoms with Gasteiger partial charge in [0, 0.05) is 11.3 Å². The molecule has 0 fully saturated rings. The fraction of sp³-hybridized carbons (Fsp3) is 0.0625. The van der Waals surface area contributed by atoms with Gasteiger partial charge < -0.3 is 5.32 Å². The van der Waals surface area contributed by atoms with Crippen LogP contribution in [0.4, 0.5) is 0 Å². The van der Waals surface area contributed by atoms with Crippen molar-refractivity contribution in [3.05, 3.63) is 77.9 Å². The van der Waals surface area contributed by atoms with E-state index in [0.717, 1.165) is 11.3 Å². The molecule has 2 aromatic carbocycles. The van der Waals surface area contributed by atoms with Crippen molar-refractivity contribution in [2.45, 2.75) is 6.92 Å². The summed E-state index contributed by atoms with van der Waals surface area (Å²) in [7, 11) is 0. The number of nitrogens with one attached hydrogen (secondary N) is 1. The Morgan fingerprint density at radius 3 is 1.89 bits per heavy atom. The van der Waals surface area contributed by atoms with Gasteiger partial charge >= 0.3 is 0 Å². The maximum atomic E-state index is 12.0. The van der Waals surface area contributed by atoms with Gasteiger partial charge in [-0.1, -0.05) is 54.6 Å². The molecule has 2 nitrogen and oxygen atoms in total. The van der Waals surface area contributed by atoms with E-state index in [1.54, 1.807) is 12.1 Å². The first-order chi connectivity index (χ1) is 8.81. The quantitative estimate of drug-likeness (QED) is 0.870. The topological polar surface area (TPSA) is 29.1 Å². The zero-order chi connectivity index (χ0) is 12.8. The molecule has 0 aliphatic rings. The predicted octanol–water partition coefficient (Wildman–Crippen LogP) is 3.48. The van der Waals surface area contributed by atoms with E-state index in [-0.39, 0.29) is 5.91 Å². The van der Waals surface area contributed by atoms with Crippen LogP contribution >= 0.6 is 0 Å². The molecule has 0 saturated heterocycles. The van der Waals surface area contributed by atoms with E-state index in [4.69, 9.17) is 0 Å². The Morgan fingerprint density at radius 2 is 1.39 bits per heavy atom. The number of rotatable bonds is 3. The monoisotopic (exact) mass is 237 g/mol. The second-order valence-electron chi connectivity index (χ2n) is 3.89. The fourth-order valence-corrected chi connectivity index (χ4v) is 1.71. The number of hydrogen-bond donors (Lipinski definition) is 1. The van der Waals surface area contributed by atoms with Crippen LogP contribution in [0.3, 0.4) is 0 Å². The van der Waals surface area contributed by atoms with Gasteiger partial charge in [-0.15, -0.1) is 0 Å². The SMILES string of the molecule is CC=C(NC(=O)c1ccccc1)c1ccccc1. The van der Waals surface area contributed by atoms with Gasteiger partial charge in [0.05, 0.1) is 0 Å². The highest BCUT2D eigenvalue weighted by molar-refractivity contribution is 5.99. The molecule has 18 heavy (non-hydrogen) atoms. The Kier molecular flexibility index (Phi) is 3.92. The van der Waals surface area contributed by atoms with Crippen LogP contribution in [0.5, 0.6) is 0 Å². The standard InChI is InChI=1S/C16H15NO/c1-2-15(13-9-5-3-6-10-13)17-16(18)14-11-7-4-8-12-14/h2-12H,1H3,(H,17,18). The third-order valence-corrected chi connectivity index (χ3v) is 2.66. The number of amides is 1. The van der Waals surface area contributed by atoms with Gasteiger partial charge in [0.2, 0.25) is 0 Å². The average molecular weight is 237 g/mol. The first-order valence-corrected chi connectivity index (χ1v) is 5.89. The summed E-state index contributed by atoms with van der Waals surface area (Å²) in [6, 6.07) is 19.0. The Balaban J connectivity index is 2.16. The second kappa shape index (κ2) is 5.82. The molecule has 0 unspecified atom stereocenters. The van der Waals surface area contributed by atoms with Gasteiger partial charge in [0.15, 0.2) is 0 Å². The first kappa shape index (κ1) is 12.1. The van der Waals surface area contributed by atoms with Crippen molar-refractivity contribution in [3.63, 3.8) is 0 Å². The van der Waals surface area contributed by atoms with Crippen molar-refractivity contribution < 1.29 is 4.79 Å². The lowest BCUT2D eigenvalue weighted by atomic mass is 10.1. The van der Waals surface area contributed by atoms with Gasteiger partial charge in [0.25, 0.3) is 5.91 Å². The molecule has 2 rings (SSSR count). The lowest BCUT2D eigenvalue weighted by Gasteiger charge is -2.09. The second-order valence-corrected chi connectivity index (χ2v) is 3.89. The van der Waals surface area contributed by atoms with E-state index in [1.165, 1.54) is 0 Å². The van der Waals surface area contributed by atoms with Crippen LogP contribution in [-0.2, 0) is 0 Å². The summed E-state index contributed by atoms with van der Waals surface area (Å²) in [5.41, 5.74) is 2.49. The van der Waals surface area contributed by atoms with Crippen molar-refractivity contribution in [2.75, 3.05) is 0 Å². The summed E-state index contributed by atoms with van der Waals surface area (Å²) in [4.78, 5) is 12.0. The number of carbonyl (C=O) groups excluding carboxylic acids is 1. The van der Waals surface area contributed by atoms with Crippen molar-refractivity contribution in [3.8, 4) is 0 Å². The van der Waals surface area contributed by atoms with Crippen molar-refractivity contribution in [1.82, 2.24) is 5.32 Å². The Labute approximate surface area is 107 Å². The van der Waals surface area contributed by atoms with E-state index in [9.17, 15) is 4.79 Å². The largest absolute Gasteiger partial charge is 0.322 e. The van der Waals surface area contributed by atoms with Gasteiger partial charge in [-0.2, -0.15) is 0 Å². The lowest BCUT2D eigenvalue weighted by molar-refractivity contribution is 0.0973. The summed E-state index contributed by atoms with van der Waals surface area (Å²) in [5.74, 6) is -0.0902. The molecule has 2 aromatic rings. The van der Waals surface area contributed by atoms with Crippen LogP contribution in [0.2, 0.25) is 0 Å². The van der Waals surface area contributed by atoms with Crippen molar-refractivity contribution in [2.24, 2.45) is 0 Å². The molecule has 0 aliphatic heterocycles. The molecule has 0 aliphatic carbocycles. The summed E-state index contributed by atoms with van der Waals surface area (Å²) in [6.07, 6.45) is 1.90. The average Bonchev–Trinajstić information content (AvgIpc) is 2.46. The Bertz CT molecular complexity index is 544. The molecular weight excluding hydrogens is 222 g/mol. The van der Waals surface area contributed by atoms with Crippen LogP contribution in [0.25, 0.3) is 5.70 Å². The van der Waals surface area contributed by atoms with Gasteiger partial charge in [-0.05, 0) is 24.6 Å². The summed E-state index contributed by atoms with van der Waals surface area (Å²) >= 11 is 0. The molecule has 1 amide bonds. The summed E-state index contributed by atoms with van der Waals surface area (Å²) in [5, 5.41) is 2.92. The molecule has 0 saturated carbocycles. The highest BCUT2D eigenvalue weighted by Gasteiger charge is 2.07. The molecule has 0 bridgehead atoms. The fourth-order valence-electron chi connectivity index (χ4n) is 1.71. The Hall–Kier alpha value is -2.35. The molecule has 1 N–H and O–H groups in total. The summed E-state index contributed by atoms with van der Waals surface area (Å²) in [6.45, 7) is 1.91. The van der Waals surface area contributed by atoms with E-state index in [1.807, 2.05) is 61.5 Å². The molecule has 90 valence electrons. The maximum absolute atomic E-state index is 12.0. The maximum Gasteiger partial charge on any atom is 0.255 e. The lowest BCUT2D eigenvalue weighted by Crippen LogP contribution is -2.21. The van der Waals surface area contributed by atoms with Crippen LogP contribution in [0, 0.1) is 0 Å². The van der Waals surface area contributed by atoms with Gasteiger partial charge in [-0.25, -0.2) is 0 Å². The molecule has 0 heterocycles. The highest BCUT2D eigenvalue weighted by atomic mass is 16.1. The van der Waals surface area contributed by atoms with E-state index >= 15 is 0 Å². The number of allylic oxidation sites excluding steroid dienone is 1. The summed E-state index contributed by atoms with van der Waals surface area (Å²) < 4.78 is 0. The van der Waals surface area contributed by atoms with E-state index < -0.39 is 0 Å². The zero-order valence-corrected chi connectivity index (χ0v) is 10.3. The van der Waals surface area contributed by atoms with Crippen molar-refractivity contribution >= 4 is 11.6 Å². The zero-order valence-electron chi connectivity index (χ0n) is 10.3. The Morgan fingerprint density at radius 1 is 0.889 bits per heavy atom. The first-order valence-electron chi connectivity index (χ1n) is 5.89. The number of benzene rings is 2. The minimum Gasteiger partial charge on any atom is -0.322 e. The normalized spacial score (nSPS) is 11.1. The predicted molar refractivity (Wildman–Crippen MR) is 74.0 cm³/mol. The van der Waals surface area contributed by atoms with E-state index in [2.05, 4.69) is 5.32 Å². The molecule has 0 aromatic heterocycles.